The van der Waals surface area contributed by atoms with Crippen molar-refractivity contribution in [3.8, 4) is 0 Å². The summed E-state index contributed by atoms with van der Waals surface area (Å²) in [6.45, 7) is 2.31. The number of para-hydroxylation sites is 1. The van der Waals surface area contributed by atoms with Crippen LogP contribution in [0.2, 0.25) is 0 Å². The van der Waals surface area contributed by atoms with Crippen LogP contribution in [-0.2, 0) is 4.79 Å². The van der Waals surface area contributed by atoms with Crippen molar-refractivity contribution >= 4 is 11.6 Å². The first-order valence-electron chi connectivity index (χ1n) is 4.24. The van der Waals surface area contributed by atoms with Crippen molar-refractivity contribution < 1.29 is 4.79 Å². The fraction of sp³-hybridized carbons (Fsp3) is 0.300. The quantitative estimate of drug-likeness (QED) is 0.729. The average molecular weight is 178 g/mol. The molecule has 0 atom stereocenters. The van der Waals surface area contributed by atoms with Crippen LogP contribution in [0.25, 0.3) is 0 Å². The van der Waals surface area contributed by atoms with E-state index in [0.717, 1.165) is 11.3 Å². The van der Waals surface area contributed by atoms with Gasteiger partial charge in [-0.05, 0) is 25.6 Å². The number of carbonyl (C=O) groups is 1. The molecule has 0 aromatic heterocycles. The smallest absolute Gasteiger partial charge is 0.238 e. The number of amides is 1. The second kappa shape index (κ2) is 4.62. The van der Waals surface area contributed by atoms with E-state index in [9.17, 15) is 4.79 Å². The third kappa shape index (κ3) is 2.87. The van der Waals surface area contributed by atoms with Gasteiger partial charge in [0.25, 0.3) is 0 Å². The van der Waals surface area contributed by atoms with E-state index < -0.39 is 0 Å². The van der Waals surface area contributed by atoms with Crippen LogP contribution in [0, 0.1) is 6.92 Å². The number of aryl methyl sites for hydroxylation is 1. The predicted molar refractivity (Wildman–Crippen MR) is 53.7 cm³/mol. The lowest BCUT2D eigenvalue weighted by Gasteiger charge is -2.06. The highest BCUT2D eigenvalue weighted by molar-refractivity contribution is 5.92. The fourth-order valence-corrected chi connectivity index (χ4v) is 1.07. The lowest BCUT2D eigenvalue weighted by molar-refractivity contribution is -0.115. The highest BCUT2D eigenvalue weighted by Gasteiger charge is 2.01. The van der Waals surface area contributed by atoms with Gasteiger partial charge in [0.1, 0.15) is 0 Å². The standard InChI is InChI=1S/C10H14N2O/c1-8-5-3-4-6-9(8)12-10(13)7-11-2/h3-6,11H,7H2,1-2H3,(H,12,13). The highest BCUT2D eigenvalue weighted by Crippen LogP contribution is 2.12. The second-order valence-electron chi connectivity index (χ2n) is 2.89. The number of carbonyl (C=O) groups excluding carboxylic acids is 1. The largest absolute Gasteiger partial charge is 0.325 e. The molecule has 0 radical (unpaired) electrons. The van der Waals surface area contributed by atoms with Gasteiger partial charge >= 0.3 is 0 Å². The molecule has 70 valence electrons. The van der Waals surface area contributed by atoms with Crippen LogP contribution in [0.1, 0.15) is 5.56 Å². The van der Waals surface area contributed by atoms with Crippen molar-refractivity contribution in [3.05, 3.63) is 29.8 Å². The van der Waals surface area contributed by atoms with Gasteiger partial charge in [-0.15, -0.1) is 0 Å². The zero-order valence-electron chi connectivity index (χ0n) is 7.92. The van der Waals surface area contributed by atoms with Crippen molar-refractivity contribution in [2.45, 2.75) is 6.92 Å². The molecule has 0 aliphatic heterocycles. The Labute approximate surface area is 78.2 Å². The lowest BCUT2D eigenvalue weighted by atomic mass is 10.2. The summed E-state index contributed by atoms with van der Waals surface area (Å²) >= 11 is 0. The molecule has 2 N–H and O–H groups in total. The van der Waals surface area contributed by atoms with Gasteiger partial charge in [-0.25, -0.2) is 0 Å². The summed E-state index contributed by atoms with van der Waals surface area (Å²) < 4.78 is 0. The van der Waals surface area contributed by atoms with E-state index in [4.69, 9.17) is 0 Å². The van der Waals surface area contributed by atoms with Crippen molar-refractivity contribution in [2.75, 3.05) is 18.9 Å². The number of nitrogens with one attached hydrogen (secondary N) is 2. The molecular formula is C10H14N2O. The molecule has 13 heavy (non-hydrogen) atoms. The van der Waals surface area contributed by atoms with Crippen LogP contribution in [0.4, 0.5) is 5.69 Å². The first-order valence-corrected chi connectivity index (χ1v) is 4.24. The van der Waals surface area contributed by atoms with Gasteiger partial charge in [-0.1, -0.05) is 18.2 Å². The van der Waals surface area contributed by atoms with E-state index in [2.05, 4.69) is 10.6 Å². The third-order valence-corrected chi connectivity index (χ3v) is 1.76. The summed E-state index contributed by atoms with van der Waals surface area (Å²) in [6.07, 6.45) is 0. The predicted octanol–water partition coefficient (Wildman–Crippen LogP) is 1.15. The van der Waals surface area contributed by atoms with E-state index in [0.29, 0.717) is 6.54 Å². The summed E-state index contributed by atoms with van der Waals surface area (Å²) in [7, 11) is 1.75. The Kier molecular flexibility index (Phi) is 3.46. The van der Waals surface area contributed by atoms with Gasteiger partial charge in [0, 0.05) is 5.69 Å². The van der Waals surface area contributed by atoms with E-state index in [1.165, 1.54) is 0 Å². The number of anilines is 1. The Morgan fingerprint density at radius 2 is 2.08 bits per heavy atom. The van der Waals surface area contributed by atoms with E-state index in [-0.39, 0.29) is 5.91 Å². The van der Waals surface area contributed by atoms with Crippen LogP contribution in [0.3, 0.4) is 0 Å². The van der Waals surface area contributed by atoms with E-state index >= 15 is 0 Å². The van der Waals surface area contributed by atoms with Crippen molar-refractivity contribution in [1.29, 1.82) is 0 Å². The lowest BCUT2D eigenvalue weighted by Crippen LogP contribution is -2.25. The Bertz CT molecular complexity index is 297. The normalized spacial score (nSPS) is 9.69. The molecule has 1 rings (SSSR count). The molecule has 0 heterocycles. The highest BCUT2D eigenvalue weighted by atomic mass is 16.1. The van der Waals surface area contributed by atoms with Crippen molar-refractivity contribution in [3.63, 3.8) is 0 Å². The van der Waals surface area contributed by atoms with Crippen LogP contribution in [-0.4, -0.2) is 19.5 Å². The van der Waals surface area contributed by atoms with E-state index in [1.54, 1.807) is 7.05 Å². The third-order valence-electron chi connectivity index (χ3n) is 1.76. The van der Waals surface area contributed by atoms with Crippen LogP contribution in [0.5, 0.6) is 0 Å². The number of benzene rings is 1. The van der Waals surface area contributed by atoms with Gasteiger partial charge in [-0.3, -0.25) is 4.79 Å². The molecule has 0 fully saturated rings. The number of rotatable bonds is 3. The first kappa shape index (κ1) is 9.74. The number of hydrogen-bond acceptors (Lipinski definition) is 2. The zero-order chi connectivity index (χ0) is 9.68. The molecule has 0 spiro atoms. The monoisotopic (exact) mass is 178 g/mol. The maximum atomic E-state index is 11.2. The molecule has 0 saturated heterocycles. The fourth-order valence-electron chi connectivity index (χ4n) is 1.07. The Morgan fingerprint density at radius 1 is 1.38 bits per heavy atom. The Morgan fingerprint density at radius 3 is 2.69 bits per heavy atom. The molecule has 0 unspecified atom stereocenters. The molecule has 0 aliphatic carbocycles. The Balaban J connectivity index is 2.63. The van der Waals surface area contributed by atoms with E-state index in [1.807, 2.05) is 31.2 Å². The SMILES string of the molecule is CNCC(=O)Nc1ccccc1C. The van der Waals surface area contributed by atoms with Gasteiger partial charge < -0.3 is 10.6 Å². The second-order valence-corrected chi connectivity index (χ2v) is 2.89. The van der Waals surface area contributed by atoms with Gasteiger partial charge in [0.05, 0.1) is 6.54 Å². The average Bonchev–Trinajstić information content (AvgIpc) is 2.09. The summed E-state index contributed by atoms with van der Waals surface area (Å²) in [5.74, 6) is -0.0169. The van der Waals surface area contributed by atoms with Crippen LogP contribution in [0.15, 0.2) is 24.3 Å². The summed E-state index contributed by atoms with van der Waals surface area (Å²) in [6, 6.07) is 7.71. The van der Waals surface area contributed by atoms with Crippen molar-refractivity contribution in [1.82, 2.24) is 5.32 Å². The molecule has 1 aromatic carbocycles. The molecule has 0 saturated carbocycles. The number of hydrogen-bond donors (Lipinski definition) is 2. The molecular weight excluding hydrogens is 164 g/mol. The minimum atomic E-state index is -0.0169. The number of likely N-dealkylation sites (N-methyl/N-ethyl adjacent to an activating group) is 1. The zero-order valence-corrected chi connectivity index (χ0v) is 7.92. The van der Waals surface area contributed by atoms with Crippen molar-refractivity contribution in [2.24, 2.45) is 0 Å². The Hall–Kier alpha value is -1.35. The van der Waals surface area contributed by atoms with Crippen LogP contribution >= 0.6 is 0 Å². The van der Waals surface area contributed by atoms with Crippen LogP contribution < -0.4 is 10.6 Å². The topological polar surface area (TPSA) is 41.1 Å². The molecule has 0 bridgehead atoms. The molecule has 1 amide bonds. The summed E-state index contributed by atoms with van der Waals surface area (Å²) in [5.41, 5.74) is 1.95. The molecule has 1 aromatic rings. The summed E-state index contributed by atoms with van der Waals surface area (Å²) in [4.78, 5) is 11.2. The molecule has 3 nitrogen and oxygen atoms in total. The maximum absolute atomic E-state index is 11.2. The maximum Gasteiger partial charge on any atom is 0.238 e. The minimum Gasteiger partial charge on any atom is -0.325 e. The molecule has 0 aliphatic rings. The van der Waals surface area contributed by atoms with Gasteiger partial charge in [0.2, 0.25) is 5.91 Å². The van der Waals surface area contributed by atoms with Gasteiger partial charge in [0.15, 0.2) is 0 Å². The first-order chi connectivity index (χ1) is 6.24. The summed E-state index contributed by atoms with van der Waals surface area (Å²) in [5, 5.41) is 5.60. The molecule has 3 heteroatoms. The van der Waals surface area contributed by atoms with Gasteiger partial charge in [-0.2, -0.15) is 0 Å². The minimum absolute atomic E-state index is 0.0169.